The average molecular weight is 249 g/mol. The van der Waals surface area contributed by atoms with E-state index in [4.69, 9.17) is 5.73 Å². The van der Waals surface area contributed by atoms with Crippen LogP contribution in [0.25, 0.3) is 0 Å². The van der Waals surface area contributed by atoms with Crippen molar-refractivity contribution in [3.63, 3.8) is 0 Å². The van der Waals surface area contributed by atoms with E-state index in [1.54, 1.807) is 26.2 Å². The second kappa shape index (κ2) is 4.89. The van der Waals surface area contributed by atoms with E-state index in [2.05, 4.69) is 15.5 Å². The lowest BCUT2D eigenvalue weighted by molar-refractivity contribution is 0.0821. The van der Waals surface area contributed by atoms with Crippen molar-refractivity contribution < 1.29 is 4.79 Å². The van der Waals surface area contributed by atoms with Gasteiger partial charge in [0, 0.05) is 26.2 Å². The SMILES string of the molecule is CN(C)C(=O)c1ccc(NCC2(N)CCC2)nn1. The first-order chi connectivity index (χ1) is 8.50. The maximum Gasteiger partial charge on any atom is 0.273 e. The number of amides is 1. The highest BCUT2D eigenvalue weighted by Gasteiger charge is 2.32. The molecular weight excluding hydrogens is 230 g/mol. The number of anilines is 1. The molecule has 1 aliphatic carbocycles. The molecule has 1 fully saturated rings. The van der Waals surface area contributed by atoms with Crippen LogP contribution >= 0.6 is 0 Å². The molecule has 98 valence electrons. The topological polar surface area (TPSA) is 84.1 Å². The number of carbonyl (C=O) groups is 1. The van der Waals surface area contributed by atoms with Gasteiger partial charge in [-0.25, -0.2) is 0 Å². The first-order valence-corrected chi connectivity index (χ1v) is 6.08. The van der Waals surface area contributed by atoms with Gasteiger partial charge in [0.1, 0.15) is 5.82 Å². The molecule has 1 aliphatic rings. The summed E-state index contributed by atoms with van der Waals surface area (Å²) < 4.78 is 0. The van der Waals surface area contributed by atoms with Crippen LogP contribution in [-0.4, -0.2) is 47.2 Å². The number of aromatic nitrogens is 2. The van der Waals surface area contributed by atoms with Gasteiger partial charge in [0.25, 0.3) is 5.91 Å². The smallest absolute Gasteiger partial charge is 0.273 e. The Kier molecular flexibility index (Phi) is 3.47. The van der Waals surface area contributed by atoms with Crippen LogP contribution in [0.5, 0.6) is 0 Å². The summed E-state index contributed by atoms with van der Waals surface area (Å²) in [7, 11) is 3.37. The zero-order valence-electron chi connectivity index (χ0n) is 10.8. The molecule has 2 rings (SSSR count). The van der Waals surface area contributed by atoms with E-state index in [-0.39, 0.29) is 11.4 Å². The van der Waals surface area contributed by atoms with Gasteiger partial charge in [-0.2, -0.15) is 0 Å². The van der Waals surface area contributed by atoms with Gasteiger partial charge in [-0.3, -0.25) is 4.79 Å². The van der Waals surface area contributed by atoms with E-state index < -0.39 is 0 Å². The van der Waals surface area contributed by atoms with Crippen molar-refractivity contribution in [2.75, 3.05) is 26.0 Å². The molecule has 6 heteroatoms. The van der Waals surface area contributed by atoms with Gasteiger partial charge in [0.05, 0.1) is 0 Å². The average Bonchev–Trinajstić information content (AvgIpc) is 2.33. The van der Waals surface area contributed by atoms with Crippen LogP contribution in [0.2, 0.25) is 0 Å². The van der Waals surface area contributed by atoms with E-state index in [0.717, 1.165) is 12.8 Å². The molecule has 0 unspecified atom stereocenters. The largest absolute Gasteiger partial charge is 0.367 e. The standard InChI is InChI=1S/C12H19N5O/c1-17(2)11(18)9-4-5-10(16-15-9)14-8-12(13)6-3-7-12/h4-5H,3,6-8,13H2,1-2H3,(H,14,16). The summed E-state index contributed by atoms with van der Waals surface area (Å²) in [6.45, 7) is 0.697. The lowest BCUT2D eigenvalue weighted by Crippen LogP contribution is -2.52. The van der Waals surface area contributed by atoms with E-state index >= 15 is 0 Å². The summed E-state index contributed by atoms with van der Waals surface area (Å²) in [5.41, 5.74) is 6.34. The summed E-state index contributed by atoms with van der Waals surface area (Å²) in [4.78, 5) is 13.1. The van der Waals surface area contributed by atoms with Gasteiger partial charge < -0.3 is 16.0 Å². The van der Waals surface area contributed by atoms with Crippen molar-refractivity contribution in [2.45, 2.75) is 24.8 Å². The van der Waals surface area contributed by atoms with Gasteiger partial charge >= 0.3 is 0 Å². The van der Waals surface area contributed by atoms with Crippen molar-refractivity contribution in [3.05, 3.63) is 17.8 Å². The molecule has 0 aromatic carbocycles. The van der Waals surface area contributed by atoms with E-state index in [0.29, 0.717) is 18.1 Å². The fourth-order valence-corrected chi connectivity index (χ4v) is 1.84. The Morgan fingerprint density at radius 3 is 2.61 bits per heavy atom. The monoisotopic (exact) mass is 249 g/mol. The summed E-state index contributed by atoms with van der Waals surface area (Å²) in [6, 6.07) is 3.42. The lowest BCUT2D eigenvalue weighted by atomic mass is 9.78. The number of rotatable bonds is 4. The normalized spacial score (nSPS) is 16.8. The van der Waals surface area contributed by atoms with Crippen molar-refractivity contribution in [1.29, 1.82) is 0 Å². The molecule has 3 N–H and O–H groups in total. The minimum Gasteiger partial charge on any atom is -0.367 e. The molecule has 0 bridgehead atoms. The summed E-state index contributed by atoms with van der Waals surface area (Å²) in [5.74, 6) is 0.505. The molecule has 1 amide bonds. The van der Waals surface area contributed by atoms with Crippen molar-refractivity contribution in [1.82, 2.24) is 15.1 Å². The highest BCUT2D eigenvalue weighted by molar-refractivity contribution is 5.91. The maximum absolute atomic E-state index is 11.6. The third-order valence-electron chi connectivity index (χ3n) is 3.26. The number of nitrogens with two attached hydrogens (primary N) is 1. The summed E-state index contributed by atoms with van der Waals surface area (Å²) >= 11 is 0. The van der Waals surface area contributed by atoms with E-state index in [1.807, 2.05) is 0 Å². The Bertz CT molecular complexity index is 425. The number of carbonyl (C=O) groups excluding carboxylic acids is 1. The zero-order chi connectivity index (χ0) is 13.2. The molecule has 0 saturated heterocycles. The van der Waals surface area contributed by atoms with Crippen LogP contribution in [0.1, 0.15) is 29.8 Å². The third-order valence-corrected chi connectivity index (χ3v) is 3.26. The van der Waals surface area contributed by atoms with Crippen molar-refractivity contribution >= 4 is 11.7 Å². The van der Waals surface area contributed by atoms with Crippen LogP contribution < -0.4 is 11.1 Å². The second-order valence-corrected chi connectivity index (χ2v) is 5.07. The van der Waals surface area contributed by atoms with Gasteiger partial charge in [-0.15, -0.1) is 10.2 Å². The predicted octanol–water partition coefficient (Wildman–Crippen LogP) is 0.472. The molecule has 1 aromatic rings. The lowest BCUT2D eigenvalue weighted by Gasteiger charge is -2.38. The molecular formula is C12H19N5O. The Morgan fingerprint density at radius 1 is 1.44 bits per heavy atom. The number of hydrogen-bond donors (Lipinski definition) is 2. The number of nitrogens with one attached hydrogen (secondary N) is 1. The molecule has 1 aromatic heterocycles. The van der Waals surface area contributed by atoms with Crippen LogP contribution in [0.3, 0.4) is 0 Å². The Labute approximate surface area is 107 Å². The van der Waals surface area contributed by atoms with Crippen LogP contribution in [0.4, 0.5) is 5.82 Å². The quantitative estimate of drug-likeness (QED) is 0.810. The van der Waals surface area contributed by atoms with E-state index in [1.165, 1.54) is 11.3 Å². The van der Waals surface area contributed by atoms with Gasteiger partial charge in [0.15, 0.2) is 5.69 Å². The Morgan fingerprint density at radius 2 is 2.17 bits per heavy atom. The first-order valence-electron chi connectivity index (χ1n) is 6.08. The maximum atomic E-state index is 11.6. The summed E-state index contributed by atoms with van der Waals surface area (Å²) in [6.07, 6.45) is 3.29. The molecule has 18 heavy (non-hydrogen) atoms. The molecule has 1 heterocycles. The Hall–Kier alpha value is -1.69. The highest BCUT2D eigenvalue weighted by atomic mass is 16.2. The van der Waals surface area contributed by atoms with Gasteiger partial charge in [0.2, 0.25) is 0 Å². The second-order valence-electron chi connectivity index (χ2n) is 5.07. The molecule has 0 radical (unpaired) electrons. The van der Waals surface area contributed by atoms with Crippen LogP contribution in [0, 0.1) is 0 Å². The first kappa shape index (κ1) is 12.8. The minimum absolute atomic E-state index is 0.0974. The number of nitrogens with zero attached hydrogens (tertiary/aromatic N) is 3. The fraction of sp³-hybridized carbons (Fsp3) is 0.583. The van der Waals surface area contributed by atoms with Crippen molar-refractivity contribution in [3.8, 4) is 0 Å². The predicted molar refractivity (Wildman–Crippen MR) is 69.3 cm³/mol. The Balaban J connectivity index is 1.93. The van der Waals surface area contributed by atoms with Crippen LogP contribution in [-0.2, 0) is 0 Å². The number of hydrogen-bond acceptors (Lipinski definition) is 5. The fourth-order valence-electron chi connectivity index (χ4n) is 1.84. The molecule has 0 atom stereocenters. The zero-order valence-corrected chi connectivity index (χ0v) is 10.8. The van der Waals surface area contributed by atoms with Gasteiger partial charge in [-0.05, 0) is 31.4 Å². The molecule has 1 saturated carbocycles. The minimum atomic E-state index is -0.150. The molecule has 0 spiro atoms. The molecule has 0 aliphatic heterocycles. The van der Waals surface area contributed by atoms with E-state index in [9.17, 15) is 4.79 Å². The van der Waals surface area contributed by atoms with Crippen LogP contribution in [0.15, 0.2) is 12.1 Å². The van der Waals surface area contributed by atoms with Crippen molar-refractivity contribution in [2.24, 2.45) is 5.73 Å². The third kappa shape index (κ3) is 2.76. The van der Waals surface area contributed by atoms with Gasteiger partial charge in [-0.1, -0.05) is 0 Å². The highest BCUT2D eigenvalue weighted by Crippen LogP contribution is 2.28. The molecule has 6 nitrogen and oxygen atoms in total. The summed E-state index contributed by atoms with van der Waals surface area (Å²) in [5, 5.41) is 11.0.